The molecule has 21 heavy (non-hydrogen) atoms. The zero-order chi connectivity index (χ0) is 15.6. The molecule has 0 aliphatic carbocycles. The maximum Gasteiger partial charge on any atom is 0.338 e. The van der Waals surface area contributed by atoms with Crippen LogP contribution in [0.15, 0.2) is 18.2 Å². The maximum atomic E-state index is 12.4. The average molecular weight is 308 g/mol. The molecule has 0 unspecified atom stereocenters. The van der Waals surface area contributed by atoms with Crippen LogP contribution in [0.1, 0.15) is 29.8 Å². The Balaban J connectivity index is 2.17. The number of nitrogens with one attached hydrogen (secondary N) is 1. The number of carbonyl (C=O) groups is 2. The molecule has 0 spiro atoms. The highest BCUT2D eigenvalue weighted by atomic mass is 32.2. The molecular formula is C15H20N2O3S. The molecule has 0 aromatic heterocycles. The number of thioether (sulfide) groups is 1. The van der Waals surface area contributed by atoms with Crippen molar-refractivity contribution >= 4 is 29.4 Å². The summed E-state index contributed by atoms with van der Waals surface area (Å²) < 4.78 is 0.0256. The Morgan fingerprint density at radius 1 is 1.38 bits per heavy atom. The third-order valence-corrected chi connectivity index (χ3v) is 4.74. The predicted molar refractivity (Wildman–Crippen MR) is 85.3 cm³/mol. The molecule has 1 aliphatic rings. The lowest BCUT2D eigenvalue weighted by Crippen LogP contribution is -2.47. The molecule has 1 aliphatic heterocycles. The van der Waals surface area contributed by atoms with Crippen molar-refractivity contribution in [3.8, 4) is 0 Å². The van der Waals surface area contributed by atoms with E-state index in [1.807, 2.05) is 11.8 Å². The Morgan fingerprint density at radius 2 is 2.10 bits per heavy atom. The number of rotatable bonds is 2. The molecule has 5 nitrogen and oxygen atoms in total. The minimum Gasteiger partial charge on any atom is -0.478 e. The number of aryl methyl sites for hydroxylation is 1. The van der Waals surface area contributed by atoms with Crippen LogP contribution >= 0.6 is 11.8 Å². The average Bonchev–Trinajstić information content (AvgIpc) is 2.37. The van der Waals surface area contributed by atoms with Gasteiger partial charge in [0.15, 0.2) is 0 Å². The maximum absolute atomic E-state index is 12.4. The number of hydrogen-bond acceptors (Lipinski definition) is 3. The van der Waals surface area contributed by atoms with Crippen LogP contribution in [0, 0.1) is 6.92 Å². The van der Waals surface area contributed by atoms with Crippen molar-refractivity contribution in [1.29, 1.82) is 0 Å². The number of carboxylic acid groups (broad SMARTS) is 1. The van der Waals surface area contributed by atoms with E-state index in [0.717, 1.165) is 5.75 Å². The van der Waals surface area contributed by atoms with Gasteiger partial charge in [-0.1, -0.05) is 12.1 Å². The number of amides is 2. The number of urea groups is 1. The van der Waals surface area contributed by atoms with Crippen LogP contribution in [0.5, 0.6) is 0 Å². The topological polar surface area (TPSA) is 69.6 Å². The Bertz CT molecular complexity index is 572. The lowest BCUT2D eigenvalue weighted by molar-refractivity contribution is 0.0697. The number of hydrogen-bond donors (Lipinski definition) is 2. The van der Waals surface area contributed by atoms with Crippen molar-refractivity contribution in [2.45, 2.75) is 25.5 Å². The molecule has 2 amide bonds. The van der Waals surface area contributed by atoms with Gasteiger partial charge in [0.1, 0.15) is 0 Å². The molecule has 2 rings (SSSR count). The minimum atomic E-state index is -1.03. The summed E-state index contributed by atoms with van der Waals surface area (Å²) in [6.45, 7) is 7.25. The number of carbonyl (C=O) groups excluding carboxylic acids is 1. The van der Waals surface area contributed by atoms with E-state index in [9.17, 15) is 14.7 Å². The van der Waals surface area contributed by atoms with E-state index in [0.29, 0.717) is 24.3 Å². The molecule has 1 aromatic carbocycles. The first-order valence-corrected chi connectivity index (χ1v) is 7.81. The van der Waals surface area contributed by atoms with Gasteiger partial charge in [-0.2, -0.15) is 11.8 Å². The highest BCUT2D eigenvalue weighted by Gasteiger charge is 2.30. The van der Waals surface area contributed by atoms with Gasteiger partial charge in [0.05, 0.1) is 11.3 Å². The summed E-state index contributed by atoms with van der Waals surface area (Å²) in [4.78, 5) is 25.4. The molecule has 2 N–H and O–H groups in total. The Labute approximate surface area is 128 Å². The second-order valence-corrected chi connectivity index (χ2v) is 7.56. The molecular weight excluding hydrogens is 288 g/mol. The third kappa shape index (κ3) is 3.69. The fourth-order valence-corrected chi connectivity index (χ4v) is 3.55. The summed E-state index contributed by atoms with van der Waals surface area (Å²) in [5.74, 6) is -0.141. The van der Waals surface area contributed by atoms with Crippen LogP contribution in [0.3, 0.4) is 0 Å². The number of aromatic carboxylic acids is 1. The first-order valence-electron chi connectivity index (χ1n) is 6.83. The quantitative estimate of drug-likeness (QED) is 0.881. The molecule has 1 aromatic rings. The summed E-state index contributed by atoms with van der Waals surface area (Å²) in [5, 5.41) is 12.0. The van der Waals surface area contributed by atoms with E-state index < -0.39 is 5.97 Å². The molecule has 0 atom stereocenters. The molecule has 0 bridgehead atoms. The number of carboxylic acids is 1. The zero-order valence-electron chi connectivity index (χ0n) is 12.5. The Kier molecular flexibility index (Phi) is 4.46. The first-order chi connectivity index (χ1) is 9.80. The van der Waals surface area contributed by atoms with Gasteiger partial charge >= 0.3 is 12.0 Å². The van der Waals surface area contributed by atoms with Crippen LogP contribution in [0.25, 0.3) is 0 Å². The molecule has 1 heterocycles. The predicted octanol–water partition coefficient (Wildman–Crippen LogP) is 3.05. The fourth-order valence-electron chi connectivity index (χ4n) is 2.44. The SMILES string of the molecule is Cc1cccc(NC(=O)N2CCSC(C)(C)C2)c1C(=O)O. The zero-order valence-corrected chi connectivity index (χ0v) is 13.3. The summed E-state index contributed by atoms with van der Waals surface area (Å²) in [7, 11) is 0. The van der Waals surface area contributed by atoms with Gasteiger partial charge in [0.2, 0.25) is 0 Å². The van der Waals surface area contributed by atoms with Crippen LogP contribution in [0.4, 0.5) is 10.5 Å². The fraction of sp³-hybridized carbons (Fsp3) is 0.467. The van der Waals surface area contributed by atoms with Crippen molar-refractivity contribution < 1.29 is 14.7 Å². The second kappa shape index (κ2) is 5.97. The highest BCUT2D eigenvalue weighted by Crippen LogP contribution is 2.30. The smallest absolute Gasteiger partial charge is 0.338 e. The van der Waals surface area contributed by atoms with Crippen molar-refractivity contribution in [2.75, 3.05) is 24.2 Å². The highest BCUT2D eigenvalue weighted by molar-refractivity contribution is 8.00. The molecule has 114 valence electrons. The monoisotopic (exact) mass is 308 g/mol. The van der Waals surface area contributed by atoms with Crippen LogP contribution in [0.2, 0.25) is 0 Å². The lowest BCUT2D eigenvalue weighted by Gasteiger charge is -2.37. The van der Waals surface area contributed by atoms with Gasteiger partial charge in [-0.05, 0) is 32.4 Å². The van der Waals surface area contributed by atoms with E-state index in [4.69, 9.17) is 0 Å². The third-order valence-electron chi connectivity index (χ3n) is 3.44. The standard InChI is InChI=1S/C15H20N2O3S/c1-10-5-4-6-11(12(10)13(18)19)16-14(20)17-7-8-21-15(2,3)9-17/h4-6H,7-9H2,1-3H3,(H,16,20)(H,18,19). The van der Waals surface area contributed by atoms with Gasteiger partial charge in [0.25, 0.3) is 0 Å². The molecule has 6 heteroatoms. The minimum absolute atomic E-state index is 0.0256. The largest absolute Gasteiger partial charge is 0.478 e. The summed E-state index contributed by atoms with van der Waals surface area (Å²) in [6.07, 6.45) is 0. The molecule has 1 saturated heterocycles. The molecule has 0 radical (unpaired) electrons. The summed E-state index contributed by atoms with van der Waals surface area (Å²) in [5.41, 5.74) is 1.13. The van der Waals surface area contributed by atoms with Crippen molar-refractivity contribution in [2.24, 2.45) is 0 Å². The Hall–Kier alpha value is -1.69. The normalized spacial score (nSPS) is 17.4. The van der Waals surface area contributed by atoms with E-state index in [-0.39, 0.29) is 16.3 Å². The van der Waals surface area contributed by atoms with Crippen LogP contribution in [-0.2, 0) is 0 Å². The lowest BCUT2D eigenvalue weighted by atomic mass is 10.1. The van der Waals surface area contributed by atoms with Gasteiger partial charge in [-0.3, -0.25) is 0 Å². The number of benzene rings is 1. The van der Waals surface area contributed by atoms with Gasteiger partial charge in [-0.25, -0.2) is 9.59 Å². The van der Waals surface area contributed by atoms with Crippen LogP contribution < -0.4 is 5.32 Å². The Morgan fingerprint density at radius 3 is 2.71 bits per heavy atom. The van der Waals surface area contributed by atoms with E-state index in [1.54, 1.807) is 30.0 Å². The number of anilines is 1. The van der Waals surface area contributed by atoms with E-state index in [1.165, 1.54) is 0 Å². The summed E-state index contributed by atoms with van der Waals surface area (Å²) in [6, 6.07) is 4.85. The first kappa shape index (κ1) is 15.7. The van der Waals surface area contributed by atoms with Gasteiger partial charge in [0, 0.05) is 23.6 Å². The van der Waals surface area contributed by atoms with Crippen molar-refractivity contribution in [3.63, 3.8) is 0 Å². The van der Waals surface area contributed by atoms with Gasteiger partial charge in [-0.15, -0.1) is 0 Å². The molecule has 0 saturated carbocycles. The second-order valence-electron chi connectivity index (χ2n) is 5.76. The van der Waals surface area contributed by atoms with Crippen LogP contribution in [-0.4, -0.2) is 45.6 Å². The summed E-state index contributed by atoms with van der Waals surface area (Å²) >= 11 is 1.84. The van der Waals surface area contributed by atoms with Crippen molar-refractivity contribution in [1.82, 2.24) is 4.90 Å². The van der Waals surface area contributed by atoms with Gasteiger partial charge < -0.3 is 15.3 Å². The number of nitrogens with zero attached hydrogens (tertiary/aromatic N) is 1. The molecule has 1 fully saturated rings. The van der Waals surface area contributed by atoms with Crippen molar-refractivity contribution in [3.05, 3.63) is 29.3 Å². The van der Waals surface area contributed by atoms with E-state index in [2.05, 4.69) is 19.2 Å². The van der Waals surface area contributed by atoms with E-state index >= 15 is 0 Å².